The third-order valence-corrected chi connectivity index (χ3v) is 6.25. The molecule has 32 heavy (non-hydrogen) atoms. The molecule has 0 aliphatic heterocycles. The van der Waals surface area contributed by atoms with Crippen LogP contribution in [-0.4, -0.2) is 33.3 Å². The van der Waals surface area contributed by atoms with Crippen LogP contribution in [0.2, 0.25) is 5.02 Å². The first-order valence-electron chi connectivity index (χ1n) is 10.4. The molecular formula is C23H21ClN4O4. The minimum absolute atomic E-state index is 0.0473. The van der Waals surface area contributed by atoms with Crippen molar-refractivity contribution < 1.29 is 14.1 Å². The zero-order chi connectivity index (χ0) is 22.2. The first-order valence-corrected chi connectivity index (χ1v) is 10.8. The Morgan fingerprint density at radius 2 is 2.06 bits per heavy atom. The van der Waals surface area contributed by atoms with Crippen LogP contribution in [-0.2, 0) is 4.79 Å². The van der Waals surface area contributed by atoms with Gasteiger partial charge in [-0.25, -0.2) is 0 Å². The van der Waals surface area contributed by atoms with E-state index in [1.807, 2.05) is 12.1 Å². The molecule has 1 fully saturated rings. The molecule has 0 saturated heterocycles. The van der Waals surface area contributed by atoms with Crippen LogP contribution in [0.25, 0.3) is 21.8 Å². The maximum Gasteiger partial charge on any atom is 0.264 e. The number of hydrogen-bond donors (Lipinski definition) is 1. The number of ether oxygens (including phenoxy) is 1. The fraction of sp³-hybridized carbons (Fsp3) is 0.304. The van der Waals surface area contributed by atoms with Crippen molar-refractivity contribution in [1.29, 1.82) is 0 Å². The summed E-state index contributed by atoms with van der Waals surface area (Å²) in [6.45, 7) is 1.65. The van der Waals surface area contributed by atoms with Gasteiger partial charge in [-0.05, 0) is 50.5 Å². The van der Waals surface area contributed by atoms with E-state index in [0.717, 1.165) is 18.4 Å². The van der Waals surface area contributed by atoms with Crippen molar-refractivity contribution in [2.75, 3.05) is 6.61 Å². The number of hydrogen-bond acceptors (Lipinski definition) is 6. The predicted octanol–water partition coefficient (Wildman–Crippen LogP) is 3.79. The van der Waals surface area contributed by atoms with Crippen LogP contribution in [0.1, 0.15) is 31.1 Å². The maximum atomic E-state index is 13.4. The van der Waals surface area contributed by atoms with Gasteiger partial charge < -0.3 is 19.1 Å². The standard InChI is InChI=1S/C23H21ClN4O4/c1-13-20-22(27-32-13)21-17(24)3-2-4-18(21)28(23(20)30)15-6-5-14(11-15)26-19(29)12-31-16-7-9-25-10-8-16/h2-4,7-10,14-15H,5-6,11-12H2,1H3,(H,26,29). The Bertz CT molecular complexity index is 1370. The van der Waals surface area contributed by atoms with Crippen molar-refractivity contribution in [3.8, 4) is 5.75 Å². The Labute approximate surface area is 188 Å². The van der Waals surface area contributed by atoms with Gasteiger partial charge in [0, 0.05) is 29.9 Å². The van der Waals surface area contributed by atoms with E-state index in [2.05, 4.69) is 15.5 Å². The van der Waals surface area contributed by atoms with Crippen molar-refractivity contribution in [3.05, 3.63) is 63.9 Å². The molecule has 5 rings (SSSR count). The number of benzene rings is 1. The largest absolute Gasteiger partial charge is 0.484 e. The zero-order valence-electron chi connectivity index (χ0n) is 17.4. The molecule has 1 aromatic carbocycles. The van der Waals surface area contributed by atoms with E-state index in [1.54, 1.807) is 42.1 Å². The lowest BCUT2D eigenvalue weighted by Gasteiger charge is -2.19. The highest BCUT2D eigenvalue weighted by Gasteiger charge is 2.30. The van der Waals surface area contributed by atoms with E-state index >= 15 is 0 Å². The smallest absolute Gasteiger partial charge is 0.264 e. The van der Waals surface area contributed by atoms with E-state index in [9.17, 15) is 9.59 Å². The number of rotatable bonds is 5. The van der Waals surface area contributed by atoms with Gasteiger partial charge >= 0.3 is 0 Å². The average Bonchev–Trinajstić information content (AvgIpc) is 3.40. The summed E-state index contributed by atoms with van der Waals surface area (Å²) in [7, 11) is 0. The van der Waals surface area contributed by atoms with Crippen LogP contribution in [0, 0.1) is 6.92 Å². The van der Waals surface area contributed by atoms with Crippen molar-refractivity contribution in [1.82, 2.24) is 20.0 Å². The molecular weight excluding hydrogens is 432 g/mol. The Morgan fingerprint density at radius 1 is 1.25 bits per heavy atom. The van der Waals surface area contributed by atoms with Crippen LogP contribution >= 0.6 is 11.6 Å². The molecule has 1 saturated carbocycles. The Hall–Kier alpha value is -3.39. The Balaban J connectivity index is 1.39. The van der Waals surface area contributed by atoms with Crippen molar-refractivity contribution in [2.24, 2.45) is 0 Å². The lowest BCUT2D eigenvalue weighted by Crippen LogP contribution is -2.36. The van der Waals surface area contributed by atoms with Gasteiger partial charge in [-0.1, -0.05) is 22.8 Å². The first kappa shape index (κ1) is 20.5. The summed E-state index contributed by atoms with van der Waals surface area (Å²) >= 11 is 6.49. The molecule has 0 spiro atoms. The highest BCUT2D eigenvalue weighted by molar-refractivity contribution is 6.37. The van der Waals surface area contributed by atoms with E-state index in [4.69, 9.17) is 20.9 Å². The van der Waals surface area contributed by atoms with Gasteiger partial charge in [-0.2, -0.15) is 0 Å². The van der Waals surface area contributed by atoms with Gasteiger partial charge in [0.25, 0.3) is 11.5 Å². The molecule has 0 bridgehead atoms. The second-order valence-electron chi connectivity index (χ2n) is 7.97. The summed E-state index contributed by atoms with van der Waals surface area (Å²) < 4.78 is 12.6. The molecule has 4 aromatic rings. The van der Waals surface area contributed by atoms with Crippen LogP contribution in [0.3, 0.4) is 0 Å². The van der Waals surface area contributed by atoms with Crippen LogP contribution in [0.5, 0.6) is 5.75 Å². The molecule has 2 atom stereocenters. The van der Waals surface area contributed by atoms with Crippen LogP contribution < -0.4 is 15.6 Å². The number of carbonyl (C=O) groups excluding carboxylic acids is 1. The fourth-order valence-electron chi connectivity index (χ4n) is 4.51. The van der Waals surface area contributed by atoms with E-state index in [-0.39, 0.29) is 30.2 Å². The second-order valence-corrected chi connectivity index (χ2v) is 8.38. The Morgan fingerprint density at radius 3 is 2.88 bits per heavy atom. The summed E-state index contributed by atoms with van der Waals surface area (Å²) in [5.41, 5.74) is 1.06. The number of amides is 1. The van der Waals surface area contributed by atoms with Gasteiger partial charge in [0.1, 0.15) is 22.4 Å². The molecule has 0 radical (unpaired) electrons. The fourth-order valence-corrected chi connectivity index (χ4v) is 4.77. The molecule has 1 aliphatic rings. The molecule has 9 heteroatoms. The molecule has 164 valence electrons. The normalized spacial score (nSPS) is 18.3. The monoisotopic (exact) mass is 452 g/mol. The first-order chi connectivity index (χ1) is 15.5. The lowest BCUT2D eigenvalue weighted by atomic mass is 10.1. The highest BCUT2D eigenvalue weighted by atomic mass is 35.5. The number of nitrogens with one attached hydrogen (secondary N) is 1. The van der Waals surface area contributed by atoms with Crippen LogP contribution in [0.4, 0.5) is 0 Å². The van der Waals surface area contributed by atoms with E-state index < -0.39 is 0 Å². The summed E-state index contributed by atoms with van der Waals surface area (Å²) in [4.78, 5) is 29.7. The lowest BCUT2D eigenvalue weighted by molar-refractivity contribution is -0.123. The summed E-state index contributed by atoms with van der Waals surface area (Å²) in [6, 6.07) is 8.75. The van der Waals surface area contributed by atoms with Gasteiger partial charge in [0.2, 0.25) is 0 Å². The number of nitrogens with zero attached hydrogens (tertiary/aromatic N) is 3. The number of halogens is 1. The number of fused-ring (bicyclic) bond motifs is 3. The summed E-state index contributed by atoms with van der Waals surface area (Å²) in [5, 5.41) is 8.78. The minimum atomic E-state index is -0.196. The van der Waals surface area contributed by atoms with Gasteiger partial charge in [-0.15, -0.1) is 0 Å². The molecule has 1 aliphatic carbocycles. The van der Waals surface area contributed by atoms with E-state index in [0.29, 0.717) is 39.2 Å². The third-order valence-electron chi connectivity index (χ3n) is 5.94. The third kappa shape index (κ3) is 3.60. The topological polar surface area (TPSA) is 99.2 Å². The minimum Gasteiger partial charge on any atom is -0.484 e. The second kappa shape index (κ2) is 8.27. The van der Waals surface area contributed by atoms with Crippen LogP contribution in [0.15, 0.2) is 52.0 Å². The van der Waals surface area contributed by atoms with E-state index in [1.165, 1.54) is 0 Å². The summed E-state index contributed by atoms with van der Waals surface area (Å²) in [5.74, 6) is 0.862. The highest BCUT2D eigenvalue weighted by Crippen LogP contribution is 2.36. The summed E-state index contributed by atoms with van der Waals surface area (Å²) in [6.07, 6.45) is 5.38. The zero-order valence-corrected chi connectivity index (χ0v) is 18.1. The maximum absolute atomic E-state index is 13.4. The molecule has 1 amide bonds. The Kier molecular flexibility index (Phi) is 5.30. The van der Waals surface area contributed by atoms with Gasteiger partial charge in [0.15, 0.2) is 6.61 Å². The number of carbonyl (C=O) groups is 1. The predicted molar refractivity (Wildman–Crippen MR) is 120 cm³/mol. The van der Waals surface area contributed by atoms with Crippen molar-refractivity contribution in [2.45, 2.75) is 38.3 Å². The van der Waals surface area contributed by atoms with Gasteiger partial charge in [-0.3, -0.25) is 14.6 Å². The number of aromatic nitrogens is 3. The quantitative estimate of drug-likeness (QED) is 0.494. The van der Waals surface area contributed by atoms with Crippen molar-refractivity contribution >= 4 is 39.3 Å². The molecule has 2 unspecified atom stereocenters. The molecule has 3 heterocycles. The average molecular weight is 453 g/mol. The molecule has 8 nitrogen and oxygen atoms in total. The van der Waals surface area contributed by atoms with Gasteiger partial charge in [0.05, 0.1) is 10.5 Å². The molecule has 1 N–H and O–H groups in total. The van der Waals surface area contributed by atoms with Crippen molar-refractivity contribution in [3.63, 3.8) is 0 Å². The SMILES string of the molecule is Cc1onc2c1c(=O)n(C1CCC(NC(=O)COc3ccncc3)C1)c1cccc(Cl)c21. The molecule has 3 aromatic heterocycles. The number of pyridine rings is 2. The number of aryl methyl sites for hydroxylation is 1.